The summed E-state index contributed by atoms with van der Waals surface area (Å²) in [6.07, 6.45) is 0. The Morgan fingerprint density at radius 2 is 0.808 bits per heavy atom. The molecule has 4 heterocycles. The number of rotatable bonds is 6. The molecule has 0 aromatic heterocycles. The van der Waals surface area contributed by atoms with Crippen molar-refractivity contribution in [3.8, 4) is 11.1 Å². The summed E-state index contributed by atoms with van der Waals surface area (Å²) in [6.45, 7) is 0.116. The Morgan fingerprint density at radius 3 is 1.38 bits per heavy atom. The first-order valence-electron chi connectivity index (χ1n) is 25.2. The van der Waals surface area contributed by atoms with Gasteiger partial charge in [-0.05, 0) is 101 Å². The molecule has 0 spiro atoms. The molecule has 4 aliphatic heterocycles. The summed E-state index contributed by atoms with van der Waals surface area (Å²) in [5, 5.41) is 15.2. The maximum absolute atomic E-state index is 4.04. The van der Waals surface area contributed by atoms with Crippen LogP contribution in [0.1, 0.15) is 0 Å². The molecule has 0 unspecified atom stereocenters. The van der Waals surface area contributed by atoms with Gasteiger partial charge in [0, 0.05) is 53.6 Å². The SMILES string of the molecule is c1ccc([Si]2(c3ccccc3)c3ccccc3N(c3ccc4c(c3)Sc3cccc5c3B4c3ccc(-c4cccc6c4Nc4ccccc4[Si]6(c4ccccc4)c4ccccc4)cc3S5)c3ccccc32)cc1. The van der Waals surface area contributed by atoms with Crippen LogP contribution < -0.4 is 68.1 Å². The number of nitrogens with zero attached hydrogens (tertiary/aromatic N) is 1. The zero-order valence-electron chi connectivity index (χ0n) is 39.7. The summed E-state index contributed by atoms with van der Waals surface area (Å²) in [5.41, 5.74) is 12.7. The second-order valence-corrected chi connectivity index (χ2v) is 29.1. The van der Waals surface area contributed by atoms with Gasteiger partial charge in [-0.15, -0.1) is 0 Å². The third kappa shape index (κ3) is 6.26. The van der Waals surface area contributed by atoms with E-state index in [1.54, 1.807) is 0 Å². The smallest absolute Gasteiger partial charge is 0.247 e. The fraction of sp³-hybridized carbons (Fsp3) is 0. The summed E-state index contributed by atoms with van der Waals surface area (Å²) < 4.78 is 0. The number of para-hydroxylation sites is 4. The van der Waals surface area contributed by atoms with Crippen LogP contribution in [0.2, 0.25) is 0 Å². The van der Waals surface area contributed by atoms with Crippen molar-refractivity contribution < 1.29 is 0 Å². The Balaban J connectivity index is 0.868. The Bertz CT molecular complexity index is 3860. The Hall–Kier alpha value is -7.78. The number of fused-ring (bicyclic) bond motifs is 8. The standard InChI is InChI=1S/C66H45BN2S2Si2/c1-5-21-47(22-6-1)72(48-23-7-2-8-24-48)61-35-16-13-30-54(61)68-66-51(29-19-38-64(66)72)45-39-41-52-59(43-45)70-57-33-20-34-58-65(57)67(52)53-42-40-46(44-60(53)71-58)69-55-31-14-17-36-62(55)73(49-25-9-3-10-26-49,50-27-11-4-12-28-50)63-37-18-15-32-56(63)69/h1-44,68H. The third-order valence-electron chi connectivity index (χ3n) is 15.9. The first kappa shape index (κ1) is 42.9. The van der Waals surface area contributed by atoms with E-state index in [4.69, 9.17) is 0 Å². The zero-order valence-corrected chi connectivity index (χ0v) is 43.4. The first-order chi connectivity index (χ1) is 36.2. The number of hydrogen-bond donors (Lipinski definition) is 1. The van der Waals surface area contributed by atoms with Crippen molar-refractivity contribution in [3.05, 3.63) is 267 Å². The molecule has 2 nitrogen and oxygen atoms in total. The van der Waals surface area contributed by atoms with Crippen LogP contribution in [0.25, 0.3) is 11.1 Å². The van der Waals surface area contributed by atoms with E-state index < -0.39 is 16.1 Å². The van der Waals surface area contributed by atoms with Crippen LogP contribution in [-0.2, 0) is 0 Å². The Labute approximate surface area is 437 Å². The van der Waals surface area contributed by atoms with Crippen LogP contribution in [0.4, 0.5) is 28.4 Å². The molecule has 11 aromatic carbocycles. The van der Waals surface area contributed by atoms with Gasteiger partial charge in [0.25, 0.3) is 0 Å². The highest BCUT2D eigenvalue weighted by atomic mass is 32.2. The molecule has 11 aromatic rings. The van der Waals surface area contributed by atoms with Gasteiger partial charge in [0.1, 0.15) is 0 Å². The third-order valence-corrected chi connectivity index (χ3v) is 28.0. The van der Waals surface area contributed by atoms with E-state index in [2.05, 4.69) is 277 Å². The molecule has 0 radical (unpaired) electrons. The van der Waals surface area contributed by atoms with Crippen molar-refractivity contribution in [1.82, 2.24) is 0 Å². The lowest BCUT2D eigenvalue weighted by Crippen LogP contribution is -2.77. The average Bonchev–Trinajstić information content (AvgIpc) is 3.46. The van der Waals surface area contributed by atoms with Crippen LogP contribution in [0, 0.1) is 0 Å². The second kappa shape index (κ2) is 16.9. The van der Waals surface area contributed by atoms with E-state index in [0.29, 0.717) is 0 Å². The van der Waals surface area contributed by atoms with Gasteiger partial charge in [-0.2, -0.15) is 0 Å². The van der Waals surface area contributed by atoms with E-state index in [9.17, 15) is 0 Å². The first-order valence-corrected chi connectivity index (χ1v) is 30.8. The minimum Gasteiger partial charge on any atom is -0.355 e. The molecule has 7 heteroatoms. The molecule has 342 valence electrons. The minimum absolute atomic E-state index is 0.116. The summed E-state index contributed by atoms with van der Waals surface area (Å²) in [6, 6.07) is 101. The second-order valence-electron chi connectivity index (χ2n) is 19.5. The Kier molecular flexibility index (Phi) is 9.92. The van der Waals surface area contributed by atoms with Crippen LogP contribution in [0.3, 0.4) is 0 Å². The lowest BCUT2D eigenvalue weighted by molar-refractivity contribution is 1.27. The van der Waals surface area contributed by atoms with Crippen LogP contribution in [0.15, 0.2) is 287 Å². The van der Waals surface area contributed by atoms with Crippen molar-refractivity contribution in [2.75, 3.05) is 10.2 Å². The molecule has 4 aliphatic rings. The molecule has 0 fully saturated rings. The van der Waals surface area contributed by atoms with Gasteiger partial charge in [-0.3, -0.25) is 0 Å². The molecule has 0 atom stereocenters. The van der Waals surface area contributed by atoms with E-state index >= 15 is 0 Å². The molecular weight excluding hydrogens is 952 g/mol. The van der Waals surface area contributed by atoms with Gasteiger partial charge in [-0.1, -0.05) is 253 Å². The molecule has 73 heavy (non-hydrogen) atoms. The van der Waals surface area contributed by atoms with Crippen molar-refractivity contribution in [2.24, 2.45) is 0 Å². The van der Waals surface area contributed by atoms with Gasteiger partial charge in [0.05, 0.1) is 0 Å². The summed E-state index contributed by atoms with van der Waals surface area (Å²) in [5.74, 6) is 0. The van der Waals surface area contributed by atoms with Crippen molar-refractivity contribution in [2.45, 2.75) is 19.6 Å². The van der Waals surface area contributed by atoms with E-state index in [1.807, 2.05) is 23.5 Å². The highest BCUT2D eigenvalue weighted by Crippen LogP contribution is 2.44. The lowest BCUT2D eigenvalue weighted by atomic mass is 9.36. The maximum atomic E-state index is 4.04. The monoisotopic (exact) mass is 996 g/mol. The van der Waals surface area contributed by atoms with Crippen molar-refractivity contribution in [3.63, 3.8) is 0 Å². The predicted molar refractivity (Wildman–Crippen MR) is 316 cm³/mol. The number of anilines is 5. The number of benzene rings is 11. The Morgan fingerprint density at radius 1 is 0.356 bits per heavy atom. The van der Waals surface area contributed by atoms with E-state index in [-0.39, 0.29) is 6.71 Å². The summed E-state index contributed by atoms with van der Waals surface area (Å²) in [7, 11) is -5.46. The zero-order chi connectivity index (χ0) is 48.1. The van der Waals surface area contributed by atoms with E-state index in [0.717, 1.165) is 0 Å². The molecule has 0 bridgehead atoms. The molecule has 0 amide bonds. The van der Waals surface area contributed by atoms with Crippen molar-refractivity contribution >= 4 is 133 Å². The molecule has 1 N–H and O–H groups in total. The fourth-order valence-corrected chi connectivity index (χ4v) is 25.7. The highest BCUT2D eigenvalue weighted by Gasteiger charge is 2.50. The topological polar surface area (TPSA) is 15.3 Å². The van der Waals surface area contributed by atoms with E-state index in [1.165, 1.54) is 117 Å². The number of hydrogen-bond acceptors (Lipinski definition) is 4. The molecule has 15 rings (SSSR count). The molecular formula is C66H45BN2S2Si2. The lowest BCUT2D eigenvalue weighted by Gasteiger charge is -2.45. The summed E-state index contributed by atoms with van der Waals surface area (Å²) >= 11 is 3.86. The van der Waals surface area contributed by atoms with Crippen LogP contribution >= 0.6 is 23.5 Å². The van der Waals surface area contributed by atoms with Gasteiger partial charge >= 0.3 is 0 Å². The normalized spacial score (nSPS) is 14.7. The largest absolute Gasteiger partial charge is 0.355 e. The predicted octanol–water partition coefficient (Wildman–Crippen LogP) is 9.39. The molecule has 0 saturated heterocycles. The van der Waals surface area contributed by atoms with Crippen LogP contribution in [-0.4, -0.2) is 22.9 Å². The van der Waals surface area contributed by atoms with Gasteiger partial charge in [0.2, 0.25) is 6.71 Å². The average molecular weight is 997 g/mol. The van der Waals surface area contributed by atoms with Crippen LogP contribution in [0.5, 0.6) is 0 Å². The van der Waals surface area contributed by atoms with Crippen molar-refractivity contribution in [1.29, 1.82) is 0 Å². The highest BCUT2D eigenvalue weighted by molar-refractivity contribution is 8.01. The fourth-order valence-electron chi connectivity index (χ4n) is 13.0. The van der Waals surface area contributed by atoms with Gasteiger partial charge in [-0.25, -0.2) is 0 Å². The number of nitrogens with one attached hydrogen (secondary N) is 1. The quantitative estimate of drug-likeness (QED) is 0.167. The summed E-state index contributed by atoms with van der Waals surface area (Å²) in [4.78, 5) is 7.87. The van der Waals surface area contributed by atoms with Gasteiger partial charge in [0.15, 0.2) is 16.1 Å². The molecule has 0 aliphatic carbocycles. The maximum Gasteiger partial charge on any atom is 0.247 e. The van der Waals surface area contributed by atoms with Gasteiger partial charge < -0.3 is 10.2 Å². The minimum atomic E-state index is -2.74. The molecule has 0 saturated carbocycles.